The lowest BCUT2D eigenvalue weighted by atomic mass is 9.99. The van der Waals surface area contributed by atoms with Crippen molar-refractivity contribution in [2.45, 2.75) is 25.8 Å². The van der Waals surface area contributed by atoms with Gasteiger partial charge in [0.15, 0.2) is 0 Å². The third kappa shape index (κ3) is 3.43. The number of piperazine rings is 1. The number of benzene rings is 1. The molecule has 106 valence electrons. The van der Waals surface area contributed by atoms with Gasteiger partial charge in [0.2, 0.25) is 0 Å². The molecule has 0 aromatic heterocycles. The number of phenols is 1. The molecule has 1 fully saturated rings. The highest BCUT2D eigenvalue weighted by molar-refractivity contribution is 9.10. The van der Waals surface area contributed by atoms with Crippen LogP contribution in [0.2, 0.25) is 5.02 Å². The van der Waals surface area contributed by atoms with Gasteiger partial charge in [-0.05, 0) is 28.4 Å². The Morgan fingerprint density at radius 2 is 2.11 bits per heavy atom. The van der Waals surface area contributed by atoms with E-state index in [1.807, 2.05) is 12.1 Å². The molecule has 1 aliphatic heterocycles. The molecule has 0 aliphatic carbocycles. The van der Waals surface area contributed by atoms with Gasteiger partial charge in [0.05, 0.1) is 9.50 Å². The summed E-state index contributed by atoms with van der Waals surface area (Å²) in [5.74, 6) is 0.282. The minimum atomic E-state index is 0.265. The summed E-state index contributed by atoms with van der Waals surface area (Å²) in [6, 6.07) is 4.07. The van der Waals surface area contributed by atoms with E-state index < -0.39 is 0 Å². The SMILES string of the molecule is CCC[C@@H](c1ccc(Cl)c(Br)c1O)N1CCNCC1. The summed E-state index contributed by atoms with van der Waals surface area (Å²) >= 11 is 9.38. The number of nitrogens with one attached hydrogen (secondary N) is 1. The third-order valence-corrected chi connectivity index (χ3v) is 4.96. The summed E-state index contributed by atoms with van der Waals surface area (Å²) < 4.78 is 0.600. The maximum Gasteiger partial charge on any atom is 0.136 e. The molecule has 2 N–H and O–H groups in total. The van der Waals surface area contributed by atoms with Crippen molar-refractivity contribution in [1.82, 2.24) is 10.2 Å². The van der Waals surface area contributed by atoms with E-state index in [1.54, 1.807) is 0 Å². The summed E-state index contributed by atoms with van der Waals surface area (Å²) in [6.07, 6.45) is 2.13. The highest BCUT2D eigenvalue weighted by atomic mass is 79.9. The first-order valence-electron chi connectivity index (χ1n) is 6.76. The lowest BCUT2D eigenvalue weighted by Gasteiger charge is -2.35. The number of phenolic OH excluding ortho intramolecular Hbond substituents is 1. The standard InChI is InChI=1S/C14H20BrClN2O/c1-2-3-12(18-8-6-17-7-9-18)10-4-5-11(16)13(15)14(10)19/h4-5,12,17,19H,2-3,6-9H2,1H3/t12-/m0/s1. The molecule has 0 bridgehead atoms. The zero-order chi connectivity index (χ0) is 13.8. The van der Waals surface area contributed by atoms with Gasteiger partial charge < -0.3 is 10.4 Å². The van der Waals surface area contributed by atoms with Crippen LogP contribution < -0.4 is 5.32 Å². The number of nitrogens with zero attached hydrogens (tertiary/aromatic N) is 1. The molecule has 1 saturated heterocycles. The first-order chi connectivity index (χ1) is 9.15. The second-order valence-corrected chi connectivity index (χ2v) is 6.09. The van der Waals surface area contributed by atoms with Gasteiger partial charge in [-0.25, -0.2) is 0 Å². The molecule has 1 aromatic rings. The molecule has 0 unspecified atom stereocenters. The Labute approximate surface area is 128 Å². The van der Waals surface area contributed by atoms with Gasteiger partial charge in [-0.3, -0.25) is 4.90 Å². The predicted molar refractivity (Wildman–Crippen MR) is 82.9 cm³/mol. The van der Waals surface area contributed by atoms with E-state index in [4.69, 9.17) is 11.6 Å². The van der Waals surface area contributed by atoms with Gasteiger partial charge in [0.25, 0.3) is 0 Å². The maximum atomic E-state index is 10.3. The van der Waals surface area contributed by atoms with Crippen LogP contribution in [-0.2, 0) is 0 Å². The fraction of sp³-hybridized carbons (Fsp3) is 0.571. The van der Waals surface area contributed by atoms with Crippen molar-refractivity contribution in [1.29, 1.82) is 0 Å². The van der Waals surface area contributed by atoms with E-state index in [0.717, 1.165) is 44.6 Å². The van der Waals surface area contributed by atoms with Gasteiger partial charge in [-0.2, -0.15) is 0 Å². The lowest BCUT2D eigenvalue weighted by molar-refractivity contribution is 0.162. The van der Waals surface area contributed by atoms with Crippen LogP contribution in [0.15, 0.2) is 16.6 Å². The molecule has 0 spiro atoms. The fourth-order valence-corrected chi connectivity index (χ4v) is 3.14. The Hall–Kier alpha value is -0.290. The fourth-order valence-electron chi connectivity index (χ4n) is 2.63. The van der Waals surface area contributed by atoms with Crippen molar-refractivity contribution in [3.63, 3.8) is 0 Å². The van der Waals surface area contributed by atoms with Crippen molar-refractivity contribution in [3.8, 4) is 5.75 Å². The molecule has 2 rings (SSSR count). The van der Waals surface area contributed by atoms with E-state index in [9.17, 15) is 5.11 Å². The Morgan fingerprint density at radius 1 is 1.42 bits per heavy atom. The average Bonchev–Trinajstić information content (AvgIpc) is 2.44. The summed E-state index contributed by atoms with van der Waals surface area (Å²) in [6.45, 7) is 6.23. The van der Waals surface area contributed by atoms with Crippen LogP contribution in [0.5, 0.6) is 5.75 Å². The van der Waals surface area contributed by atoms with Crippen LogP contribution in [0, 0.1) is 0 Å². The van der Waals surface area contributed by atoms with Crippen molar-refractivity contribution in [2.75, 3.05) is 26.2 Å². The maximum absolute atomic E-state index is 10.3. The molecule has 0 radical (unpaired) electrons. The van der Waals surface area contributed by atoms with Crippen molar-refractivity contribution >= 4 is 27.5 Å². The van der Waals surface area contributed by atoms with Crippen molar-refractivity contribution < 1.29 is 5.11 Å². The summed E-state index contributed by atoms with van der Waals surface area (Å²) in [5, 5.41) is 14.2. The second kappa shape index (κ2) is 6.93. The molecule has 1 heterocycles. The highest BCUT2D eigenvalue weighted by Gasteiger charge is 2.25. The largest absolute Gasteiger partial charge is 0.506 e. The lowest BCUT2D eigenvalue weighted by Crippen LogP contribution is -2.45. The van der Waals surface area contributed by atoms with E-state index in [0.29, 0.717) is 9.50 Å². The number of rotatable bonds is 4. The van der Waals surface area contributed by atoms with Gasteiger partial charge >= 0.3 is 0 Å². The predicted octanol–water partition coefficient (Wildman–Crippen LogP) is 3.55. The summed E-state index contributed by atoms with van der Waals surface area (Å²) in [7, 11) is 0. The molecule has 19 heavy (non-hydrogen) atoms. The molecular formula is C14H20BrClN2O. The number of hydrogen-bond acceptors (Lipinski definition) is 3. The van der Waals surface area contributed by atoms with E-state index in [-0.39, 0.29) is 11.8 Å². The zero-order valence-corrected chi connectivity index (χ0v) is 13.5. The Balaban J connectivity index is 2.30. The molecule has 0 saturated carbocycles. The minimum Gasteiger partial charge on any atom is -0.506 e. The average molecular weight is 348 g/mol. The Kier molecular flexibility index (Phi) is 5.51. The normalized spacial score (nSPS) is 18.5. The van der Waals surface area contributed by atoms with E-state index in [1.165, 1.54) is 0 Å². The van der Waals surface area contributed by atoms with Crippen LogP contribution >= 0.6 is 27.5 Å². The second-order valence-electron chi connectivity index (χ2n) is 4.89. The van der Waals surface area contributed by atoms with Crippen LogP contribution in [0.25, 0.3) is 0 Å². The van der Waals surface area contributed by atoms with Crippen LogP contribution in [0.3, 0.4) is 0 Å². The number of halogens is 2. The van der Waals surface area contributed by atoms with E-state index in [2.05, 4.69) is 33.1 Å². The van der Waals surface area contributed by atoms with Crippen LogP contribution in [0.4, 0.5) is 0 Å². The number of aromatic hydroxyl groups is 1. The summed E-state index contributed by atoms with van der Waals surface area (Å²) in [5.41, 5.74) is 0.972. The monoisotopic (exact) mass is 346 g/mol. The van der Waals surface area contributed by atoms with Crippen molar-refractivity contribution in [2.24, 2.45) is 0 Å². The number of hydrogen-bond donors (Lipinski definition) is 2. The quantitative estimate of drug-likeness (QED) is 0.874. The highest BCUT2D eigenvalue weighted by Crippen LogP contribution is 2.40. The van der Waals surface area contributed by atoms with Crippen LogP contribution in [-0.4, -0.2) is 36.2 Å². The van der Waals surface area contributed by atoms with Crippen LogP contribution in [0.1, 0.15) is 31.4 Å². The van der Waals surface area contributed by atoms with Gasteiger partial charge in [-0.1, -0.05) is 31.0 Å². The van der Waals surface area contributed by atoms with Gasteiger partial charge in [0, 0.05) is 37.8 Å². The molecule has 5 heteroatoms. The Morgan fingerprint density at radius 3 is 2.74 bits per heavy atom. The smallest absolute Gasteiger partial charge is 0.136 e. The first-order valence-corrected chi connectivity index (χ1v) is 7.94. The van der Waals surface area contributed by atoms with E-state index >= 15 is 0 Å². The zero-order valence-electron chi connectivity index (χ0n) is 11.1. The molecule has 3 nitrogen and oxygen atoms in total. The molecule has 1 aromatic carbocycles. The molecule has 1 aliphatic rings. The molecule has 0 amide bonds. The first kappa shape index (κ1) is 15.1. The summed E-state index contributed by atoms with van der Waals surface area (Å²) in [4.78, 5) is 2.44. The molecular weight excluding hydrogens is 328 g/mol. The molecule has 1 atom stereocenters. The van der Waals surface area contributed by atoms with Crippen molar-refractivity contribution in [3.05, 3.63) is 27.2 Å². The Bertz CT molecular complexity index is 436. The topological polar surface area (TPSA) is 35.5 Å². The van der Waals surface area contributed by atoms with Gasteiger partial charge in [-0.15, -0.1) is 0 Å². The third-order valence-electron chi connectivity index (χ3n) is 3.61. The minimum absolute atomic E-state index is 0.265. The van der Waals surface area contributed by atoms with Gasteiger partial charge in [0.1, 0.15) is 5.75 Å².